The number of fused-ring (bicyclic) bond motifs is 1. The number of H-pyrrole nitrogens is 1. The van der Waals surface area contributed by atoms with E-state index in [0.29, 0.717) is 11.5 Å². The molecule has 0 saturated heterocycles. The molecular weight excluding hydrogens is 288 g/mol. The van der Waals surface area contributed by atoms with Crippen LogP contribution >= 0.6 is 0 Å². The molecule has 0 fully saturated rings. The predicted molar refractivity (Wildman–Crippen MR) is 90.8 cm³/mol. The summed E-state index contributed by atoms with van der Waals surface area (Å²) in [6.07, 6.45) is 0. The van der Waals surface area contributed by atoms with Gasteiger partial charge in [-0.3, -0.25) is 5.10 Å². The van der Waals surface area contributed by atoms with Crippen LogP contribution in [0.3, 0.4) is 0 Å². The van der Waals surface area contributed by atoms with Crippen molar-refractivity contribution < 1.29 is 5.11 Å². The van der Waals surface area contributed by atoms with Crippen molar-refractivity contribution in [3.05, 3.63) is 60.7 Å². The number of rotatable bonds is 2. The van der Waals surface area contributed by atoms with E-state index in [9.17, 15) is 5.11 Å². The fourth-order valence-electron chi connectivity index (χ4n) is 2.71. The van der Waals surface area contributed by atoms with Crippen molar-refractivity contribution in [3.63, 3.8) is 0 Å². The molecule has 0 unspecified atom stereocenters. The number of nitrogens with zero attached hydrogens (tertiary/aromatic N) is 2. The number of aromatic amines is 1. The first-order chi connectivity index (χ1) is 11.2. The molecule has 5 heteroatoms. The SMILES string of the molecule is Nc1[nH]nc2nc(-c3ccccc3)cc(-c3cccc(O)c3)c12. The number of nitrogen functional groups attached to an aromatic ring is 1. The summed E-state index contributed by atoms with van der Waals surface area (Å²) in [4.78, 5) is 4.59. The highest BCUT2D eigenvalue weighted by Gasteiger charge is 2.14. The van der Waals surface area contributed by atoms with Gasteiger partial charge in [-0.05, 0) is 29.3 Å². The lowest BCUT2D eigenvalue weighted by Crippen LogP contribution is -1.91. The van der Waals surface area contributed by atoms with Crippen LogP contribution in [-0.4, -0.2) is 20.3 Å². The number of aromatic nitrogens is 3. The second-order valence-electron chi connectivity index (χ2n) is 5.31. The number of phenolic OH excluding ortho intramolecular Hbond substituents is 1. The molecule has 0 saturated carbocycles. The summed E-state index contributed by atoms with van der Waals surface area (Å²) in [5.41, 5.74) is 10.1. The van der Waals surface area contributed by atoms with Crippen LogP contribution in [0.2, 0.25) is 0 Å². The van der Waals surface area contributed by atoms with Crippen LogP contribution in [0.1, 0.15) is 0 Å². The number of phenols is 1. The molecular formula is C18H14N4O. The third-order valence-corrected chi connectivity index (χ3v) is 3.78. The molecule has 5 nitrogen and oxygen atoms in total. The van der Waals surface area contributed by atoms with Gasteiger partial charge in [-0.1, -0.05) is 42.5 Å². The second-order valence-corrected chi connectivity index (χ2v) is 5.31. The summed E-state index contributed by atoms with van der Waals surface area (Å²) in [5.74, 6) is 0.668. The van der Waals surface area contributed by atoms with Gasteiger partial charge in [-0.25, -0.2) is 4.98 Å². The van der Waals surface area contributed by atoms with Gasteiger partial charge in [0, 0.05) is 5.56 Å². The lowest BCUT2D eigenvalue weighted by atomic mass is 10.00. The summed E-state index contributed by atoms with van der Waals surface area (Å²) in [7, 11) is 0. The highest BCUT2D eigenvalue weighted by atomic mass is 16.3. The molecule has 4 aromatic rings. The van der Waals surface area contributed by atoms with Crippen molar-refractivity contribution >= 4 is 16.9 Å². The normalized spacial score (nSPS) is 11.0. The van der Waals surface area contributed by atoms with Gasteiger partial charge in [-0.15, -0.1) is 0 Å². The number of nitrogens with one attached hydrogen (secondary N) is 1. The summed E-state index contributed by atoms with van der Waals surface area (Å²) in [5, 5.41) is 17.5. The maximum atomic E-state index is 9.78. The molecule has 0 bridgehead atoms. The molecule has 0 spiro atoms. The fourth-order valence-corrected chi connectivity index (χ4v) is 2.71. The lowest BCUT2D eigenvalue weighted by molar-refractivity contribution is 0.475. The Hall–Kier alpha value is -3.34. The Bertz CT molecular complexity index is 993. The maximum Gasteiger partial charge on any atom is 0.184 e. The molecule has 4 N–H and O–H groups in total. The van der Waals surface area contributed by atoms with E-state index in [1.54, 1.807) is 18.2 Å². The largest absolute Gasteiger partial charge is 0.508 e. The number of pyridine rings is 1. The molecule has 0 aliphatic rings. The minimum absolute atomic E-state index is 0.204. The number of anilines is 1. The van der Waals surface area contributed by atoms with Crippen LogP contribution in [0.15, 0.2) is 60.7 Å². The number of hydrogen-bond donors (Lipinski definition) is 3. The quantitative estimate of drug-likeness (QED) is 0.528. The van der Waals surface area contributed by atoms with Crippen LogP contribution in [0.4, 0.5) is 5.82 Å². The van der Waals surface area contributed by atoms with Gasteiger partial charge >= 0.3 is 0 Å². The van der Waals surface area contributed by atoms with E-state index in [1.165, 1.54) is 0 Å². The molecule has 0 atom stereocenters. The zero-order valence-corrected chi connectivity index (χ0v) is 12.2. The van der Waals surface area contributed by atoms with Gasteiger partial charge in [0.2, 0.25) is 0 Å². The van der Waals surface area contributed by atoms with E-state index in [0.717, 1.165) is 27.8 Å². The molecule has 2 aromatic carbocycles. The van der Waals surface area contributed by atoms with Crippen molar-refractivity contribution in [2.24, 2.45) is 0 Å². The zero-order valence-electron chi connectivity index (χ0n) is 12.2. The van der Waals surface area contributed by atoms with E-state index < -0.39 is 0 Å². The van der Waals surface area contributed by atoms with E-state index in [4.69, 9.17) is 5.73 Å². The highest BCUT2D eigenvalue weighted by molar-refractivity contribution is 6.01. The Morgan fingerprint density at radius 2 is 1.70 bits per heavy atom. The van der Waals surface area contributed by atoms with Crippen LogP contribution in [-0.2, 0) is 0 Å². The highest BCUT2D eigenvalue weighted by Crippen LogP contribution is 2.35. The molecule has 23 heavy (non-hydrogen) atoms. The number of benzene rings is 2. The summed E-state index contributed by atoms with van der Waals surface area (Å²) >= 11 is 0. The second kappa shape index (κ2) is 5.14. The number of nitrogens with two attached hydrogens (primary N) is 1. The van der Waals surface area contributed by atoms with Crippen LogP contribution in [0.5, 0.6) is 5.75 Å². The van der Waals surface area contributed by atoms with E-state index in [-0.39, 0.29) is 5.75 Å². The monoisotopic (exact) mass is 302 g/mol. The van der Waals surface area contributed by atoms with E-state index in [1.807, 2.05) is 42.5 Å². The van der Waals surface area contributed by atoms with E-state index >= 15 is 0 Å². The zero-order chi connectivity index (χ0) is 15.8. The molecule has 112 valence electrons. The first-order valence-electron chi connectivity index (χ1n) is 7.22. The minimum atomic E-state index is 0.204. The Balaban J connectivity index is 2.03. The molecule has 4 rings (SSSR count). The molecule has 0 aliphatic heterocycles. The van der Waals surface area contributed by atoms with Crippen molar-refractivity contribution in [1.82, 2.24) is 15.2 Å². The lowest BCUT2D eigenvalue weighted by Gasteiger charge is -2.08. The van der Waals surface area contributed by atoms with Crippen molar-refractivity contribution in [3.8, 4) is 28.1 Å². The molecule has 0 radical (unpaired) electrons. The maximum absolute atomic E-state index is 9.78. The van der Waals surface area contributed by atoms with E-state index in [2.05, 4.69) is 15.2 Å². The summed E-state index contributed by atoms with van der Waals surface area (Å²) in [6, 6.07) is 18.9. The molecule has 0 aliphatic carbocycles. The molecule has 0 amide bonds. The Labute approximate surface area is 132 Å². The predicted octanol–water partition coefficient (Wildman–Crippen LogP) is 3.58. The van der Waals surface area contributed by atoms with Gasteiger partial charge in [0.15, 0.2) is 5.65 Å². The summed E-state index contributed by atoms with van der Waals surface area (Å²) < 4.78 is 0. The topological polar surface area (TPSA) is 87.8 Å². The standard InChI is InChI=1S/C18H14N4O/c19-17-16-14(12-7-4-8-13(23)9-12)10-15(20-18(16)22-21-17)11-5-2-1-3-6-11/h1-10,23H,(H3,19,20,21,22). The molecule has 2 heterocycles. The van der Waals surface area contributed by atoms with Gasteiger partial charge in [0.25, 0.3) is 0 Å². The smallest absolute Gasteiger partial charge is 0.184 e. The van der Waals surface area contributed by atoms with Crippen LogP contribution in [0, 0.1) is 0 Å². The van der Waals surface area contributed by atoms with Crippen LogP contribution in [0.25, 0.3) is 33.4 Å². The van der Waals surface area contributed by atoms with Crippen molar-refractivity contribution in [2.45, 2.75) is 0 Å². The van der Waals surface area contributed by atoms with Crippen molar-refractivity contribution in [1.29, 1.82) is 0 Å². The average molecular weight is 302 g/mol. The van der Waals surface area contributed by atoms with Crippen molar-refractivity contribution in [2.75, 3.05) is 5.73 Å². The molecule has 2 aromatic heterocycles. The minimum Gasteiger partial charge on any atom is -0.508 e. The first-order valence-corrected chi connectivity index (χ1v) is 7.22. The van der Waals surface area contributed by atoms with Gasteiger partial charge in [0.1, 0.15) is 11.6 Å². The fraction of sp³-hybridized carbons (Fsp3) is 0. The number of aromatic hydroxyl groups is 1. The van der Waals surface area contributed by atoms with Gasteiger partial charge < -0.3 is 10.8 Å². The van der Waals surface area contributed by atoms with Crippen LogP contribution < -0.4 is 5.73 Å². The Morgan fingerprint density at radius 3 is 2.48 bits per heavy atom. The summed E-state index contributed by atoms with van der Waals surface area (Å²) in [6.45, 7) is 0. The Kier molecular flexibility index (Phi) is 2.98. The van der Waals surface area contributed by atoms with Gasteiger partial charge in [-0.2, -0.15) is 5.10 Å². The Morgan fingerprint density at radius 1 is 0.913 bits per heavy atom. The third-order valence-electron chi connectivity index (χ3n) is 3.78. The first kappa shape index (κ1) is 13.3. The van der Waals surface area contributed by atoms with Gasteiger partial charge in [0.05, 0.1) is 11.1 Å². The number of hydrogen-bond acceptors (Lipinski definition) is 4. The average Bonchev–Trinajstić information content (AvgIpc) is 2.96. The third kappa shape index (κ3) is 2.28.